The Morgan fingerprint density at radius 3 is 2.48 bits per heavy atom. The molecule has 0 aromatic heterocycles. The summed E-state index contributed by atoms with van der Waals surface area (Å²) in [6.45, 7) is 4.23. The standard InChI is InChI=1S/C22H24Cl2N2O4S/c1-2-31(29,30)25-16-9-11-26(12-10-16)22(28)8-7-15-13-18(20(24)14-21(15)27)17-5-3-4-6-19(17)23/h2-6,13-14,16,25,27H,1,7-12H2. The monoisotopic (exact) mass is 482 g/mol. The van der Waals surface area contributed by atoms with E-state index in [0.29, 0.717) is 53.5 Å². The van der Waals surface area contributed by atoms with Crippen molar-refractivity contribution in [2.75, 3.05) is 13.1 Å². The highest BCUT2D eigenvalue weighted by molar-refractivity contribution is 7.92. The minimum absolute atomic E-state index is 0.0335. The molecule has 2 aromatic carbocycles. The predicted molar refractivity (Wildman–Crippen MR) is 124 cm³/mol. The molecule has 1 aliphatic rings. The first kappa shape index (κ1) is 23.6. The summed E-state index contributed by atoms with van der Waals surface area (Å²) in [4.78, 5) is 14.4. The van der Waals surface area contributed by atoms with E-state index in [0.717, 1.165) is 11.0 Å². The number of amides is 1. The summed E-state index contributed by atoms with van der Waals surface area (Å²) >= 11 is 12.6. The molecule has 0 spiro atoms. The third-order valence-corrected chi connectivity index (χ3v) is 7.08. The molecule has 3 rings (SSSR count). The molecule has 0 atom stereocenters. The zero-order valence-electron chi connectivity index (χ0n) is 16.9. The fraction of sp³-hybridized carbons (Fsp3) is 0.318. The third-order valence-electron chi connectivity index (χ3n) is 5.34. The topological polar surface area (TPSA) is 86.7 Å². The molecular weight excluding hydrogens is 459 g/mol. The predicted octanol–water partition coefficient (Wildman–Crippen LogP) is 4.35. The smallest absolute Gasteiger partial charge is 0.233 e. The number of likely N-dealkylation sites (tertiary alicyclic amines) is 1. The van der Waals surface area contributed by atoms with Crippen LogP contribution in [0.1, 0.15) is 24.8 Å². The number of piperidine rings is 1. The Morgan fingerprint density at radius 2 is 1.84 bits per heavy atom. The van der Waals surface area contributed by atoms with Gasteiger partial charge in [-0.3, -0.25) is 4.79 Å². The first-order chi connectivity index (χ1) is 14.7. The van der Waals surface area contributed by atoms with Crippen molar-refractivity contribution in [1.29, 1.82) is 0 Å². The van der Waals surface area contributed by atoms with Crippen LogP contribution in [0.5, 0.6) is 5.75 Å². The van der Waals surface area contributed by atoms with E-state index >= 15 is 0 Å². The molecule has 31 heavy (non-hydrogen) atoms. The molecule has 1 fully saturated rings. The zero-order valence-corrected chi connectivity index (χ0v) is 19.2. The van der Waals surface area contributed by atoms with Crippen LogP contribution in [-0.4, -0.2) is 43.5 Å². The van der Waals surface area contributed by atoms with Gasteiger partial charge in [0.1, 0.15) is 5.75 Å². The van der Waals surface area contributed by atoms with E-state index in [9.17, 15) is 18.3 Å². The maximum atomic E-state index is 12.6. The first-order valence-corrected chi connectivity index (χ1v) is 12.2. The molecule has 1 aliphatic heterocycles. The van der Waals surface area contributed by atoms with Crippen LogP contribution < -0.4 is 4.72 Å². The quantitative estimate of drug-likeness (QED) is 0.613. The molecule has 6 nitrogen and oxygen atoms in total. The summed E-state index contributed by atoms with van der Waals surface area (Å²) in [5.41, 5.74) is 2.06. The van der Waals surface area contributed by atoms with Crippen LogP contribution in [-0.2, 0) is 21.2 Å². The number of sulfonamides is 1. The van der Waals surface area contributed by atoms with Gasteiger partial charge in [-0.25, -0.2) is 13.1 Å². The van der Waals surface area contributed by atoms with Crippen LogP contribution in [0.2, 0.25) is 10.0 Å². The Bertz CT molecular complexity index is 1080. The minimum Gasteiger partial charge on any atom is -0.508 e. The number of phenols is 1. The lowest BCUT2D eigenvalue weighted by atomic mass is 9.99. The van der Waals surface area contributed by atoms with Crippen LogP contribution >= 0.6 is 23.2 Å². The number of aromatic hydroxyl groups is 1. The van der Waals surface area contributed by atoms with Gasteiger partial charge < -0.3 is 10.0 Å². The molecule has 1 amide bonds. The van der Waals surface area contributed by atoms with Crippen LogP contribution in [0, 0.1) is 0 Å². The van der Waals surface area contributed by atoms with Crippen molar-refractivity contribution in [2.45, 2.75) is 31.7 Å². The van der Waals surface area contributed by atoms with E-state index < -0.39 is 10.0 Å². The summed E-state index contributed by atoms with van der Waals surface area (Å²) < 4.78 is 25.8. The average molecular weight is 483 g/mol. The highest BCUT2D eigenvalue weighted by Crippen LogP contribution is 2.37. The van der Waals surface area contributed by atoms with E-state index in [1.807, 2.05) is 18.2 Å². The Kier molecular flexibility index (Phi) is 7.64. The van der Waals surface area contributed by atoms with Crippen molar-refractivity contribution in [1.82, 2.24) is 9.62 Å². The Morgan fingerprint density at radius 1 is 1.16 bits per heavy atom. The molecule has 0 saturated carbocycles. The summed E-state index contributed by atoms with van der Waals surface area (Å²) in [7, 11) is -3.48. The van der Waals surface area contributed by atoms with Crippen molar-refractivity contribution < 1.29 is 18.3 Å². The number of hydrogen-bond donors (Lipinski definition) is 2. The number of halogens is 2. The van der Waals surface area contributed by atoms with E-state index in [2.05, 4.69) is 11.3 Å². The van der Waals surface area contributed by atoms with Gasteiger partial charge in [0.05, 0.1) is 5.02 Å². The van der Waals surface area contributed by atoms with Gasteiger partial charge in [0, 0.05) is 47.1 Å². The van der Waals surface area contributed by atoms with Gasteiger partial charge in [0.15, 0.2) is 0 Å². The number of phenolic OH excluding ortho intramolecular Hbond substituents is 1. The van der Waals surface area contributed by atoms with E-state index in [4.69, 9.17) is 23.2 Å². The van der Waals surface area contributed by atoms with Gasteiger partial charge in [-0.1, -0.05) is 48.0 Å². The van der Waals surface area contributed by atoms with Crippen LogP contribution in [0.25, 0.3) is 11.1 Å². The van der Waals surface area contributed by atoms with Gasteiger partial charge in [-0.2, -0.15) is 0 Å². The van der Waals surface area contributed by atoms with Crippen molar-refractivity contribution in [2.24, 2.45) is 0 Å². The Labute approximate surface area is 192 Å². The van der Waals surface area contributed by atoms with Crippen LogP contribution in [0.4, 0.5) is 0 Å². The fourth-order valence-electron chi connectivity index (χ4n) is 3.62. The SMILES string of the molecule is C=CS(=O)(=O)NC1CCN(C(=O)CCc2cc(-c3ccccc3Cl)c(Cl)cc2O)CC1. The lowest BCUT2D eigenvalue weighted by Crippen LogP contribution is -2.46. The Balaban J connectivity index is 1.63. The maximum absolute atomic E-state index is 12.6. The molecule has 1 saturated heterocycles. The van der Waals surface area contributed by atoms with Gasteiger partial charge >= 0.3 is 0 Å². The highest BCUT2D eigenvalue weighted by atomic mass is 35.5. The van der Waals surface area contributed by atoms with Gasteiger partial charge in [-0.15, -0.1) is 0 Å². The second-order valence-electron chi connectivity index (χ2n) is 7.43. The zero-order chi connectivity index (χ0) is 22.6. The largest absolute Gasteiger partial charge is 0.508 e. The van der Waals surface area contributed by atoms with Gasteiger partial charge in [-0.05, 0) is 43.0 Å². The molecule has 1 heterocycles. The lowest BCUT2D eigenvalue weighted by molar-refractivity contribution is -0.132. The van der Waals surface area contributed by atoms with Crippen LogP contribution in [0.3, 0.4) is 0 Å². The fourth-order valence-corrected chi connectivity index (χ4v) is 4.91. The summed E-state index contributed by atoms with van der Waals surface area (Å²) in [5, 5.41) is 12.1. The number of benzene rings is 2. The second-order valence-corrected chi connectivity index (χ2v) is 9.90. The third kappa shape index (κ3) is 6.01. The van der Waals surface area contributed by atoms with Crippen LogP contribution in [0.15, 0.2) is 48.4 Å². The molecule has 0 radical (unpaired) electrons. The molecular formula is C22H24Cl2N2O4S. The molecule has 2 aromatic rings. The molecule has 166 valence electrons. The number of aryl methyl sites for hydroxylation is 1. The van der Waals surface area contributed by atoms with E-state index in [1.165, 1.54) is 6.07 Å². The molecule has 2 N–H and O–H groups in total. The number of nitrogens with one attached hydrogen (secondary N) is 1. The summed E-state index contributed by atoms with van der Waals surface area (Å²) in [6, 6.07) is 10.3. The number of carbonyl (C=O) groups is 1. The lowest BCUT2D eigenvalue weighted by Gasteiger charge is -2.32. The molecule has 0 bridgehead atoms. The Hall–Kier alpha value is -2.06. The summed E-state index contributed by atoms with van der Waals surface area (Å²) in [5.74, 6) is -0.00943. The summed E-state index contributed by atoms with van der Waals surface area (Å²) in [6.07, 6.45) is 1.66. The van der Waals surface area contributed by atoms with Gasteiger partial charge in [0.25, 0.3) is 0 Å². The van der Waals surface area contributed by atoms with E-state index in [-0.39, 0.29) is 24.1 Å². The second kappa shape index (κ2) is 10.0. The van der Waals surface area contributed by atoms with E-state index in [1.54, 1.807) is 17.0 Å². The van der Waals surface area contributed by atoms with Crippen molar-refractivity contribution >= 4 is 39.1 Å². The van der Waals surface area contributed by atoms with Crippen molar-refractivity contribution in [3.8, 4) is 16.9 Å². The number of nitrogens with zero attached hydrogens (tertiary/aromatic N) is 1. The molecule has 0 aliphatic carbocycles. The average Bonchev–Trinajstić information content (AvgIpc) is 2.74. The first-order valence-electron chi connectivity index (χ1n) is 9.89. The van der Waals surface area contributed by atoms with Gasteiger partial charge in [0.2, 0.25) is 15.9 Å². The molecule has 0 unspecified atom stereocenters. The number of carbonyl (C=O) groups excluding carboxylic acids is 1. The number of rotatable bonds is 7. The molecule has 9 heteroatoms. The highest BCUT2D eigenvalue weighted by Gasteiger charge is 2.25. The van der Waals surface area contributed by atoms with Crippen molar-refractivity contribution in [3.63, 3.8) is 0 Å². The maximum Gasteiger partial charge on any atom is 0.233 e. The van der Waals surface area contributed by atoms with Crippen molar-refractivity contribution in [3.05, 3.63) is 64.0 Å². The normalized spacial score (nSPS) is 15.1. The minimum atomic E-state index is -3.48. The number of hydrogen-bond acceptors (Lipinski definition) is 4.